The maximum atomic E-state index is 11.7. The molecular formula is C13H24N2O4. The van der Waals surface area contributed by atoms with Crippen LogP contribution in [-0.2, 0) is 4.79 Å². The van der Waals surface area contributed by atoms with Crippen LogP contribution in [0.4, 0.5) is 4.79 Å². The van der Waals surface area contributed by atoms with E-state index in [1.54, 1.807) is 6.92 Å². The van der Waals surface area contributed by atoms with Crippen molar-refractivity contribution in [1.29, 1.82) is 0 Å². The number of hydrogen-bond donors (Lipinski definition) is 4. The fraction of sp³-hybridized carbons (Fsp3) is 0.846. The maximum absolute atomic E-state index is 11.7. The number of urea groups is 1. The first kappa shape index (κ1) is 15.8. The van der Waals surface area contributed by atoms with Crippen molar-refractivity contribution in [3.05, 3.63) is 0 Å². The molecule has 0 aliphatic heterocycles. The molecule has 0 bridgehead atoms. The van der Waals surface area contributed by atoms with Gasteiger partial charge in [0.1, 0.15) is 0 Å². The van der Waals surface area contributed by atoms with Crippen LogP contribution in [-0.4, -0.2) is 40.4 Å². The van der Waals surface area contributed by atoms with Crippen molar-refractivity contribution in [2.75, 3.05) is 0 Å². The molecule has 1 fully saturated rings. The van der Waals surface area contributed by atoms with Gasteiger partial charge in [0.25, 0.3) is 0 Å². The van der Waals surface area contributed by atoms with E-state index in [4.69, 9.17) is 5.11 Å². The molecule has 0 aromatic heterocycles. The van der Waals surface area contributed by atoms with Gasteiger partial charge in [-0.15, -0.1) is 0 Å². The third kappa shape index (κ3) is 6.42. The summed E-state index contributed by atoms with van der Waals surface area (Å²) in [5.41, 5.74) is 0. The summed E-state index contributed by atoms with van der Waals surface area (Å²) >= 11 is 0. The first-order valence-electron chi connectivity index (χ1n) is 6.96. The zero-order valence-electron chi connectivity index (χ0n) is 11.4. The maximum Gasteiger partial charge on any atom is 0.315 e. The highest BCUT2D eigenvalue weighted by Crippen LogP contribution is 2.17. The molecule has 2 amide bonds. The Labute approximate surface area is 113 Å². The first-order chi connectivity index (χ1) is 8.99. The van der Waals surface area contributed by atoms with Gasteiger partial charge in [-0.25, -0.2) is 4.79 Å². The molecule has 1 aliphatic carbocycles. The van der Waals surface area contributed by atoms with Crippen molar-refractivity contribution in [2.45, 2.75) is 70.1 Å². The molecule has 0 saturated heterocycles. The average molecular weight is 272 g/mol. The van der Waals surface area contributed by atoms with E-state index in [2.05, 4.69) is 10.6 Å². The monoisotopic (exact) mass is 272 g/mol. The lowest BCUT2D eigenvalue weighted by Gasteiger charge is -2.23. The van der Waals surface area contributed by atoms with Gasteiger partial charge in [-0.2, -0.15) is 0 Å². The van der Waals surface area contributed by atoms with Gasteiger partial charge in [0.15, 0.2) is 0 Å². The number of aliphatic hydroxyl groups is 1. The van der Waals surface area contributed by atoms with E-state index in [0.29, 0.717) is 6.42 Å². The molecule has 0 radical (unpaired) electrons. The third-order valence-electron chi connectivity index (χ3n) is 3.46. The van der Waals surface area contributed by atoms with E-state index in [-0.39, 0.29) is 24.5 Å². The molecule has 19 heavy (non-hydrogen) atoms. The van der Waals surface area contributed by atoms with Crippen molar-refractivity contribution < 1.29 is 19.8 Å². The normalized spacial score (nSPS) is 25.2. The number of carbonyl (C=O) groups is 2. The number of aliphatic carboxylic acids is 1. The van der Waals surface area contributed by atoms with Gasteiger partial charge in [-0.05, 0) is 26.2 Å². The lowest BCUT2D eigenvalue weighted by molar-refractivity contribution is -0.137. The summed E-state index contributed by atoms with van der Waals surface area (Å²) in [7, 11) is 0. The molecule has 0 spiro atoms. The van der Waals surface area contributed by atoms with Crippen LogP contribution in [0.15, 0.2) is 0 Å². The number of aliphatic hydroxyl groups excluding tert-OH is 1. The molecule has 3 unspecified atom stereocenters. The second-order valence-corrected chi connectivity index (χ2v) is 5.26. The van der Waals surface area contributed by atoms with E-state index in [1.807, 2.05) is 0 Å². The van der Waals surface area contributed by atoms with Crippen molar-refractivity contribution in [3.8, 4) is 0 Å². The lowest BCUT2D eigenvalue weighted by Crippen LogP contribution is -2.49. The molecule has 6 heteroatoms. The molecule has 3 atom stereocenters. The number of rotatable bonds is 5. The summed E-state index contributed by atoms with van der Waals surface area (Å²) in [6.45, 7) is 1.77. The van der Waals surface area contributed by atoms with Crippen molar-refractivity contribution in [3.63, 3.8) is 0 Å². The minimum Gasteiger partial charge on any atom is -0.481 e. The van der Waals surface area contributed by atoms with Crippen LogP contribution in [0.25, 0.3) is 0 Å². The van der Waals surface area contributed by atoms with Crippen molar-refractivity contribution >= 4 is 12.0 Å². The summed E-state index contributed by atoms with van der Waals surface area (Å²) in [6.07, 6.45) is 4.56. The minimum absolute atomic E-state index is 0.0352. The van der Waals surface area contributed by atoms with Gasteiger partial charge in [-0.3, -0.25) is 4.79 Å². The average Bonchev–Trinajstić information content (AvgIpc) is 2.52. The Bertz CT molecular complexity index is 309. The third-order valence-corrected chi connectivity index (χ3v) is 3.46. The molecule has 6 nitrogen and oxygen atoms in total. The van der Waals surface area contributed by atoms with Crippen LogP contribution in [0, 0.1) is 0 Å². The molecule has 0 aromatic carbocycles. The Morgan fingerprint density at radius 1 is 1.26 bits per heavy atom. The molecule has 110 valence electrons. The summed E-state index contributed by atoms with van der Waals surface area (Å²) < 4.78 is 0. The second-order valence-electron chi connectivity index (χ2n) is 5.26. The first-order valence-corrected chi connectivity index (χ1v) is 6.96. The van der Waals surface area contributed by atoms with Gasteiger partial charge in [0.05, 0.1) is 12.1 Å². The standard InChI is InChI=1S/C13H24N2O4/c1-9(7-8-12(17)18)14-13(19)15-10-5-3-2-4-6-11(10)16/h9-11,16H,2-8H2,1H3,(H,17,18)(H2,14,15,19). The predicted octanol–water partition coefficient (Wildman–Crippen LogP) is 1.23. The molecule has 0 aromatic rings. The second kappa shape index (κ2) is 7.99. The summed E-state index contributed by atoms with van der Waals surface area (Å²) in [5, 5.41) is 23.9. The Kier molecular flexibility index (Phi) is 6.62. The van der Waals surface area contributed by atoms with Crippen LogP contribution < -0.4 is 10.6 Å². The Hall–Kier alpha value is -1.30. The quantitative estimate of drug-likeness (QED) is 0.566. The summed E-state index contributed by atoms with van der Waals surface area (Å²) in [6, 6.07) is -0.725. The van der Waals surface area contributed by atoms with Gasteiger partial charge in [0.2, 0.25) is 0 Å². The summed E-state index contributed by atoms with van der Waals surface area (Å²) in [5.74, 6) is -0.867. The fourth-order valence-corrected chi connectivity index (χ4v) is 2.30. The van der Waals surface area contributed by atoms with Gasteiger partial charge < -0.3 is 20.8 Å². The SMILES string of the molecule is CC(CCC(=O)O)NC(=O)NC1CCCCCC1O. The lowest BCUT2D eigenvalue weighted by atomic mass is 10.1. The molecule has 1 saturated carbocycles. The number of amides is 2. The largest absolute Gasteiger partial charge is 0.481 e. The van der Waals surface area contributed by atoms with Crippen LogP contribution in [0.5, 0.6) is 0 Å². The predicted molar refractivity (Wildman–Crippen MR) is 70.9 cm³/mol. The Morgan fingerprint density at radius 3 is 2.63 bits per heavy atom. The highest BCUT2D eigenvalue weighted by atomic mass is 16.4. The molecule has 4 N–H and O–H groups in total. The number of carboxylic acid groups (broad SMARTS) is 1. The summed E-state index contributed by atoms with van der Waals surface area (Å²) in [4.78, 5) is 22.2. The van der Waals surface area contributed by atoms with E-state index in [1.165, 1.54) is 0 Å². The highest BCUT2D eigenvalue weighted by molar-refractivity contribution is 5.74. The zero-order valence-corrected chi connectivity index (χ0v) is 11.4. The van der Waals surface area contributed by atoms with Crippen LogP contribution in [0.1, 0.15) is 51.9 Å². The zero-order chi connectivity index (χ0) is 14.3. The Balaban J connectivity index is 2.30. The fourth-order valence-electron chi connectivity index (χ4n) is 2.30. The van der Waals surface area contributed by atoms with E-state index >= 15 is 0 Å². The number of carboxylic acids is 1. The number of hydrogen-bond acceptors (Lipinski definition) is 3. The van der Waals surface area contributed by atoms with E-state index in [0.717, 1.165) is 32.1 Å². The van der Waals surface area contributed by atoms with Crippen LogP contribution in [0.3, 0.4) is 0 Å². The highest BCUT2D eigenvalue weighted by Gasteiger charge is 2.23. The minimum atomic E-state index is -0.867. The number of carbonyl (C=O) groups excluding carboxylic acids is 1. The van der Waals surface area contributed by atoms with Crippen molar-refractivity contribution in [2.24, 2.45) is 0 Å². The van der Waals surface area contributed by atoms with Crippen LogP contribution >= 0.6 is 0 Å². The van der Waals surface area contributed by atoms with E-state index < -0.39 is 12.1 Å². The Morgan fingerprint density at radius 2 is 1.95 bits per heavy atom. The van der Waals surface area contributed by atoms with Gasteiger partial charge in [-0.1, -0.05) is 19.3 Å². The van der Waals surface area contributed by atoms with Crippen molar-refractivity contribution in [1.82, 2.24) is 10.6 Å². The molecule has 0 heterocycles. The smallest absolute Gasteiger partial charge is 0.315 e. The number of nitrogens with one attached hydrogen (secondary N) is 2. The van der Waals surface area contributed by atoms with E-state index in [9.17, 15) is 14.7 Å². The van der Waals surface area contributed by atoms with Crippen LogP contribution in [0.2, 0.25) is 0 Å². The molecule has 1 rings (SSSR count). The van der Waals surface area contributed by atoms with Gasteiger partial charge >= 0.3 is 12.0 Å². The van der Waals surface area contributed by atoms with Gasteiger partial charge in [0, 0.05) is 12.5 Å². The molecular weight excluding hydrogens is 248 g/mol. The molecule has 1 aliphatic rings. The topological polar surface area (TPSA) is 98.7 Å².